The number of aryl methyl sites for hydroxylation is 1. The smallest absolute Gasteiger partial charge is 0.265 e. The second-order valence-corrected chi connectivity index (χ2v) is 6.20. The molecule has 100 valence electrons. The SMILES string of the molecule is Cc1nc(N)sc1C(=O)N(C)Cc1cccc(Br)c1. The van der Waals surface area contributed by atoms with Crippen molar-refractivity contribution < 1.29 is 4.79 Å². The van der Waals surface area contributed by atoms with Crippen molar-refractivity contribution in [2.75, 3.05) is 12.8 Å². The van der Waals surface area contributed by atoms with Crippen LogP contribution >= 0.6 is 27.3 Å². The van der Waals surface area contributed by atoms with Crippen molar-refractivity contribution in [2.24, 2.45) is 0 Å². The van der Waals surface area contributed by atoms with Crippen LogP contribution in [0.5, 0.6) is 0 Å². The van der Waals surface area contributed by atoms with Crippen LogP contribution < -0.4 is 5.73 Å². The molecule has 0 aliphatic rings. The number of amides is 1. The number of carbonyl (C=O) groups is 1. The predicted molar refractivity (Wildman–Crippen MR) is 81.2 cm³/mol. The maximum atomic E-state index is 12.3. The molecular formula is C13H14BrN3OS. The van der Waals surface area contributed by atoms with E-state index in [2.05, 4.69) is 20.9 Å². The molecule has 2 aromatic rings. The Morgan fingerprint density at radius 3 is 2.84 bits per heavy atom. The maximum Gasteiger partial charge on any atom is 0.265 e. The molecule has 0 spiro atoms. The fourth-order valence-corrected chi connectivity index (χ4v) is 3.04. The van der Waals surface area contributed by atoms with Crippen LogP contribution in [0.1, 0.15) is 20.9 Å². The van der Waals surface area contributed by atoms with E-state index in [1.165, 1.54) is 11.3 Å². The molecule has 0 unspecified atom stereocenters. The number of nitrogens with two attached hydrogens (primary N) is 1. The molecule has 0 fully saturated rings. The Hall–Kier alpha value is -1.40. The first-order valence-corrected chi connectivity index (χ1v) is 7.31. The van der Waals surface area contributed by atoms with Crippen LogP contribution in [0.15, 0.2) is 28.7 Å². The van der Waals surface area contributed by atoms with E-state index in [0.717, 1.165) is 10.0 Å². The van der Waals surface area contributed by atoms with Gasteiger partial charge >= 0.3 is 0 Å². The molecule has 1 amide bonds. The van der Waals surface area contributed by atoms with Crippen molar-refractivity contribution in [1.82, 2.24) is 9.88 Å². The molecule has 6 heteroatoms. The summed E-state index contributed by atoms with van der Waals surface area (Å²) in [5.74, 6) is -0.0494. The monoisotopic (exact) mass is 339 g/mol. The van der Waals surface area contributed by atoms with Crippen molar-refractivity contribution in [1.29, 1.82) is 0 Å². The summed E-state index contributed by atoms with van der Waals surface area (Å²) in [5, 5.41) is 0.428. The van der Waals surface area contributed by atoms with Crippen LogP contribution in [0, 0.1) is 6.92 Å². The van der Waals surface area contributed by atoms with Crippen molar-refractivity contribution in [3.63, 3.8) is 0 Å². The van der Waals surface area contributed by atoms with Crippen molar-refractivity contribution >= 4 is 38.3 Å². The largest absolute Gasteiger partial charge is 0.375 e. The molecule has 0 radical (unpaired) electrons. The number of rotatable bonds is 3. The number of thiazole rings is 1. The van der Waals surface area contributed by atoms with Gasteiger partial charge in [-0.25, -0.2) is 4.98 Å². The van der Waals surface area contributed by atoms with Crippen LogP contribution in [-0.2, 0) is 6.54 Å². The average Bonchev–Trinajstić information content (AvgIpc) is 2.67. The van der Waals surface area contributed by atoms with Gasteiger partial charge < -0.3 is 10.6 Å². The number of carbonyl (C=O) groups excluding carboxylic acids is 1. The Morgan fingerprint density at radius 1 is 1.53 bits per heavy atom. The third-order valence-electron chi connectivity index (χ3n) is 2.66. The second-order valence-electron chi connectivity index (χ2n) is 4.26. The maximum absolute atomic E-state index is 12.3. The highest BCUT2D eigenvalue weighted by Gasteiger charge is 2.18. The molecule has 1 heterocycles. The number of hydrogen-bond acceptors (Lipinski definition) is 4. The molecule has 0 saturated carbocycles. The van der Waals surface area contributed by atoms with E-state index in [1.807, 2.05) is 24.3 Å². The number of hydrogen-bond donors (Lipinski definition) is 1. The first-order valence-electron chi connectivity index (χ1n) is 5.70. The van der Waals surface area contributed by atoms with E-state index < -0.39 is 0 Å². The molecule has 2 rings (SSSR count). The molecule has 0 bridgehead atoms. The van der Waals surface area contributed by atoms with E-state index in [0.29, 0.717) is 22.2 Å². The highest BCUT2D eigenvalue weighted by atomic mass is 79.9. The Labute approximate surface area is 124 Å². The fourth-order valence-electron chi connectivity index (χ4n) is 1.77. The minimum atomic E-state index is -0.0494. The zero-order chi connectivity index (χ0) is 14.0. The Kier molecular flexibility index (Phi) is 4.21. The van der Waals surface area contributed by atoms with E-state index in [1.54, 1.807) is 18.9 Å². The van der Waals surface area contributed by atoms with Gasteiger partial charge in [-0.15, -0.1) is 0 Å². The summed E-state index contributed by atoms with van der Waals surface area (Å²) >= 11 is 4.65. The summed E-state index contributed by atoms with van der Waals surface area (Å²) in [6.45, 7) is 2.35. The Bertz CT molecular complexity index is 612. The summed E-state index contributed by atoms with van der Waals surface area (Å²) in [7, 11) is 1.78. The van der Waals surface area contributed by atoms with Gasteiger partial charge in [0.2, 0.25) is 0 Å². The van der Waals surface area contributed by atoms with E-state index in [9.17, 15) is 4.79 Å². The first-order chi connectivity index (χ1) is 8.97. The van der Waals surface area contributed by atoms with Crippen molar-refractivity contribution in [2.45, 2.75) is 13.5 Å². The van der Waals surface area contributed by atoms with E-state index in [-0.39, 0.29) is 5.91 Å². The fraction of sp³-hybridized carbons (Fsp3) is 0.231. The Morgan fingerprint density at radius 2 is 2.26 bits per heavy atom. The van der Waals surface area contributed by atoms with Gasteiger partial charge in [-0.3, -0.25) is 4.79 Å². The van der Waals surface area contributed by atoms with Gasteiger partial charge in [-0.1, -0.05) is 39.4 Å². The molecule has 1 aromatic carbocycles. The van der Waals surface area contributed by atoms with Gasteiger partial charge in [0.05, 0.1) is 5.69 Å². The van der Waals surface area contributed by atoms with Gasteiger partial charge in [0.1, 0.15) is 4.88 Å². The topological polar surface area (TPSA) is 59.2 Å². The zero-order valence-electron chi connectivity index (χ0n) is 10.7. The third-order valence-corrected chi connectivity index (χ3v) is 4.13. The van der Waals surface area contributed by atoms with Gasteiger partial charge in [0, 0.05) is 18.1 Å². The lowest BCUT2D eigenvalue weighted by Gasteiger charge is -2.16. The first kappa shape index (κ1) is 14.0. The standard InChI is InChI=1S/C13H14BrN3OS/c1-8-11(19-13(15)16-8)12(18)17(2)7-9-4-3-5-10(14)6-9/h3-6H,7H2,1-2H3,(H2,15,16). The van der Waals surface area contributed by atoms with E-state index in [4.69, 9.17) is 5.73 Å². The quantitative estimate of drug-likeness (QED) is 0.934. The highest BCUT2D eigenvalue weighted by Crippen LogP contribution is 2.22. The second kappa shape index (κ2) is 5.71. The molecule has 19 heavy (non-hydrogen) atoms. The van der Waals surface area contributed by atoms with Crippen LogP contribution in [0.2, 0.25) is 0 Å². The third kappa shape index (κ3) is 3.33. The summed E-state index contributed by atoms with van der Waals surface area (Å²) in [6.07, 6.45) is 0. The van der Waals surface area contributed by atoms with Crippen molar-refractivity contribution in [3.8, 4) is 0 Å². The predicted octanol–water partition coefficient (Wildman–Crippen LogP) is 3.07. The van der Waals surface area contributed by atoms with Crippen LogP contribution in [0.4, 0.5) is 5.13 Å². The molecule has 0 aliphatic heterocycles. The molecule has 1 aromatic heterocycles. The lowest BCUT2D eigenvalue weighted by atomic mass is 10.2. The summed E-state index contributed by atoms with van der Waals surface area (Å²) < 4.78 is 1.00. The van der Waals surface area contributed by atoms with Gasteiger partial charge in [-0.05, 0) is 24.6 Å². The molecular weight excluding hydrogens is 326 g/mol. The molecule has 0 saturated heterocycles. The van der Waals surface area contributed by atoms with E-state index >= 15 is 0 Å². The average molecular weight is 340 g/mol. The van der Waals surface area contributed by atoms with Crippen LogP contribution in [0.25, 0.3) is 0 Å². The lowest BCUT2D eigenvalue weighted by Crippen LogP contribution is -2.26. The summed E-state index contributed by atoms with van der Waals surface area (Å²) in [4.78, 5) is 18.6. The summed E-state index contributed by atoms with van der Waals surface area (Å²) in [6, 6.07) is 7.90. The number of aromatic nitrogens is 1. The Balaban J connectivity index is 2.14. The minimum Gasteiger partial charge on any atom is -0.375 e. The molecule has 0 aliphatic carbocycles. The molecule has 0 atom stereocenters. The number of halogens is 1. The van der Waals surface area contributed by atoms with Crippen LogP contribution in [-0.4, -0.2) is 22.8 Å². The van der Waals surface area contributed by atoms with Gasteiger partial charge in [-0.2, -0.15) is 0 Å². The molecule has 4 nitrogen and oxygen atoms in total. The zero-order valence-corrected chi connectivity index (χ0v) is 13.1. The van der Waals surface area contributed by atoms with Crippen molar-refractivity contribution in [3.05, 3.63) is 44.9 Å². The highest BCUT2D eigenvalue weighted by molar-refractivity contribution is 9.10. The lowest BCUT2D eigenvalue weighted by molar-refractivity contribution is 0.0789. The summed E-state index contributed by atoms with van der Waals surface area (Å²) in [5.41, 5.74) is 7.38. The minimum absolute atomic E-state index is 0.0494. The molecule has 2 N–H and O–H groups in total. The number of nitrogens with zero attached hydrogens (tertiary/aromatic N) is 2. The number of anilines is 1. The number of nitrogen functional groups attached to an aromatic ring is 1. The van der Waals surface area contributed by atoms with Gasteiger partial charge in [0.15, 0.2) is 5.13 Å². The van der Waals surface area contributed by atoms with Gasteiger partial charge in [0.25, 0.3) is 5.91 Å². The number of benzene rings is 1. The normalized spacial score (nSPS) is 10.5. The van der Waals surface area contributed by atoms with Crippen LogP contribution in [0.3, 0.4) is 0 Å².